The highest BCUT2D eigenvalue weighted by atomic mass is 35.5. The van der Waals surface area contributed by atoms with Crippen molar-refractivity contribution in [1.82, 2.24) is 0 Å². The van der Waals surface area contributed by atoms with Crippen molar-refractivity contribution in [1.29, 1.82) is 0 Å². The Kier molecular flexibility index (Phi) is 6.23. The summed E-state index contributed by atoms with van der Waals surface area (Å²) in [6.45, 7) is 3.66. The van der Waals surface area contributed by atoms with Gasteiger partial charge < -0.3 is 10.2 Å². The quantitative estimate of drug-likeness (QED) is 0.836. The normalized spacial score (nSPS) is 10.3. The van der Waals surface area contributed by atoms with Crippen molar-refractivity contribution < 1.29 is 9.59 Å². The van der Waals surface area contributed by atoms with Gasteiger partial charge in [0, 0.05) is 41.3 Å². The van der Waals surface area contributed by atoms with Gasteiger partial charge in [0.1, 0.15) is 0 Å². The van der Waals surface area contributed by atoms with E-state index in [0.717, 1.165) is 11.3 Å². The van der Waals surface area contributed by atoms with Crippen LogP contribution in [0.2, 0.25) is 10.0 Å². The third-order valence-corrected chi connectivity index (χ3v) is 3.87. The van der Waals surface area contributed by atoms with E-state index < -0.39 is 0 Å². The smallest absolute Gasteiger partial charge is 0.226 e. The molecule has 0 aliphatic heterocycles. The summed E-state index contributed by atoms with van der Waals surface area (Å²) in [4.78, 5) is 25.5. The van der Waals surface area contributed by atoms with Crippen molar-refractivity contribution >= 4 is 46.4 Å². The summed E-state index contributed by atoms with van der Waals surface area (Å²) in [5.41, 5.74) is 2.42. The molecule has 0 radical (unpaired) electrons. The Labute approximate surface area is 151 Å². The highest BCUT2D eigenvalue weighted by Crippen LogP contribution is 2.25. The fourth-order valence-corrected chi connectivity index (χ4v) is 2.75. The Hall–Kier alpha value is -2.04. The largest absolute Gasteiger partial charge is 0.326 e. The van der Waals surface area contributed by atoms with Crippen molar-refractivity contribution in [2.75, 3.05) is 16.8 Å². The second-order valence-electron chi connectivity index (χ2n) is 5.46. The minimum absolute atomic E-state index is 0.164. The number of benzene rings is 2. The second kappa shape index (κ2) is 8.18. The second-order valence-corrected chi connectivity index (χ2v) is 6.34. The molecule has 0 aliphatic carbocycles. The molecule has 0 saturated heterocycles. The molecule has 2 amide bonds. The summed E-state index contributed by atoms with van der Waals surface area (Å²) < 4.78 is 0. The van der Waals surface area contributed by atoms with Crippen LogP contribution in [0, 0.1) is 6.92 Å². The number of nitrogens with zero attached hydrogens (tertiary/aromatic N) is 1. The number of halogens is 2. The van der Waals surface area contributed by atoms with Crippen LogP contribution >= 0.6 is 23.2 Å². The van der Waals surface area contributed by atoms with Crippen LogP contribution in [-0.4, -0.2) is 18.4 Å². The molecule has 0 bridgehead atoms. The average Bonchev–Trinajstić information content (AvgIpc) is 2.48. The average molecular weight is 365 g/mol. The van der Waals surface area contributed by atoms with E-state index in [1.807, 2.05) is 31.2 Å². The van der Waals surface area contributed by atoms with Gasteiger partial charge >= 0.3 is 0 Å². The van der Waals surface area contributed by atoms with E-state index in [1.54, 1.807) is 18.2 Å². The molecule has 2 aromatic carbocycles. The first-order valence-electron chi connectivity index (χ1n) is 7.46. The zero-order valence-corrected chi connectivity index (χ0v) is 15.0. The van der Waals surface area contributed by atoms with Gasteiger partial charge in [-0.1, -0.05) is 40.9 Å². The first kappa shape index (κ1) is 18.3. The maximum atomic E-state index is 12.1. The maximum Gasteiger partial charge on any atom is 0.226 e. The zero-order valence-electron chi connectivity index (χ0n) is 13.5. The van der Waals surface area contributed by atoms with Gasteiger partial charge in [-0.05, 0) is 37.3 Å². The highest BCUT2D eigenvalue weighted by molar-refractivity contribution is 6.35. The van der Waals surface area contributed by atoms with Crippen LogP contribution in [0.15, 0.2) is 42.5 Å². The summed E-state index contributed by atoms with van der Waals surface area (Å²) in [5.74, 6) is -0.352. The summed E-state index contributed by atoms with van der Waals surface area (Å²) in [6, 6.07) is 12.4. The Morgan fingerprint density at radius 1 is 1.04 bits per heavy atom. The van der Waals surface area contributed by atoms with Crippen LogP contribution in [0.25, 0.3) is 0 Å². The third-order valence-electron chi connectivity index (χ3n) is 3.44. The van der Waals surface area contributed by atoms with Crippen LogP contribution in [0.5, 0.6) is 0 Å². The Morgan fingerprint density at radius 2 is 1.62 bits per heavy atom. The van der Waals surface area contributed by atoms with Crippen molar-refractivity contribution in [3.8, 4) is 0 Å². The molecular formula is C18H18Cl2N2O2. The van der Waals surface area contributed by atoms with Gasteiger partial charge in [-0.3, -0.25) is 9.59 Å². The molecule has 0 unspecified atom stereocenters. The summed E-state index contributed by atoms with van der Waals surface area (Å²) in [5, 5.41) is 3.68. The number of carbonyl (C=O) groups excluding carboxylic acids is 2. The van der Waals surface area contributed by atoms with E-state index in [1.165, 1.54) is 11.8 Å². The first-order valence-corrected chi connectivity index (χ1v) is 8.21. The topological polar surface area (TPSA) is 49.4 Å². The Balaban J connectivity index is 2.02. The molecule has 2 rings (SSSR count). The standard InChI is InChI=1S/C18H18Cl2N2O2/c1-12-3-5-16(6-4-12)21-18(24)7-8-22(13(2)23)17-10-14(19)9-15(20)11-17/h3-6,9-11H,7-8H2,1-2H3,(H,21,24). The van der Waals surface area contributed by atoms with Crippen molar-refractivity contribution in [2.24, 2.45) is 0 Å². The van der Waals surface area contributed by atoms with Crippen LogP contribution in [-0.2, 0) is 9.59 Å². The van der Waals surface area contributed by atoms with Gasteiger partial charge in [-0.15, -0.1) is 0 Å². The number of hydrogen-bond donors (Lipinski definition) is 1. The molecule has 6 heteroatoms. The third kappa shape index (κ3) is 5.25. The lowest BCUT2D eigenvalue weighted by Gasteiger charge is -2.21. The summed E-state index contributed by atoms with van der Waals surface area (Å²) in [6.07, 6.45) is 0.164. The van der Waals surface area contributed by atoms with Gasteiger partial charge in [0.05, 0.1) is 0 Å². The first-order chi connectivity index (χ1) is 11.3. The molecule has 0 aromatic heterocycles. The number of aryl methyl sites for hydroxylation is 1. The Bertz CT molecular complexity index is 725. The van der Waals surface area contributed by atoms with Crippen LogP contribution in [0.1, 0.15) is 18.9 Å². The summed E-state index contributed by atoms with van der Waals surface area (Å²) >= 11 is 12.0. The highest BCUT2D eigenvalue weighted by Gasteiger charge is 2.15. The SMILES string of the molecule is CC(=O)N(CCC(=O)Nc1ccc(C)cc1)c1cc(Cl)cc(Cl)c1. The molecule has 0 fully saturated rings. The molecule has 0 heterocycles. The lowest BCUT2D eigenvalue weighted by molar-refractivity contribution is -0.117. The number of anilines is 2. The van der Waals surface area contributed by atoms with E-state index in [4.69, 9.17) is 23.2 Å². The van der Waals surface area contributed by atoms with Crippen LogP contribution in [0.3, 0.4) is 0 Å². The van der Waals surface area contributed by atoms with Crippen molar-refractivity contribution in [3.05, 3.63) is 58.1 Å². The zero-order chi connectivity index (χ0) is 17.7. The lowest BCUT2D eigenvalue weighted by Crippen LogP contribution is -2.32. The van der Waals surface area contributed by atoms with Gasteiger partial charge in [-0.2, -0.15) is 0 Å². The summed E-state index contributed by atoms with van der Waals surface area (Å²) in [7, 11) is 0. The fourth-order valence-electron chi connectivity index (χ4n) is 2.24. The van der Waals surface area contributed by atoms with Crippen LogP contribution in [0.4, 0.5) is 11.4 Å². The number of hydrogen-bond acceptors (Lipinski definition) is 2. The molecule has 0 atom stereocenters. The van der Waals surface area contributed by atoms with E-state index in [-0.39, 0.29) is 24.8 Å². The number of nitrogens with one attached hydrogen (secondary N) is 1. The number of rotatable bonds is 5. The molecule has 4 nitrogen and oxygen atoms in total. The molecule has 0 saturated carbocycles. The van der Waals surface area contributed by atoms with Crippen molar-refractivity contribution in [2.45, 2.75) is 20.3 Å². The van der Waals surface area contributed by atoms with Gasteiger partial charge in [0.2, 0.25) is 11.8 Å². The molecular weight excluding hydrogens is 347 g/mol. The molecule has 0 aliphatic rings. The predicted molar refractivity (Wildman–Crippen MR) is 98.9 cm³/mol. The van der Waals surface area contributed by atoms with E-state index in [9.17, 15) is 9.59 Å². The van der Waals surface area contributed by atoms with E-state index in [0.29, 0.717) is 15.7 Å². The minimum atomic E-state index is -0.184. The van der Waals surface area contributed by atoms with Gasteiger partial charge in [0.15, 0.2) is 0 Å². The van der Waals surface area contributed by atoms with Crippen LogP contribution < -0.4 is 10.2 Å². The Morgan fingerprint density at radius 3 is 2.17 bits per heavy atom. The monoisotopic (exact) mass is 364 g/mol. The molecule has 24 heavy (non-hydrogen) atoms. The molecule has 2 aromatic rings. The minimum Gasteiger partial charge on any atom is -0.326 e. The number of carbonyl (C=O) groups is 2. The maximum absolute atomic E-state index is 12.1. The number of amides is 2. The van der Waals surface area contributed by atoms with Gasteiger partial charge in [0.25, 0.3) is 0 Å². The molecule has 126 valence electrons. The molecule has 0 spiro atoms. The lowest BCUT2D eigenvalue weighted by atomic mass is 10.2. The van der Waals surface area contributed by atoms with Gasteiger partial charge in [-0.25, -0.2) is 0 Å². The van der Waals surface area contributed by atoms with E-state index in [2.05, 4.69) is 5.32 Å². The molecule has 1 N–H and O–H groups in total. The van der Waals surface area contributed by atoms with Crippen molar-refractivity contribution in [3.63, 3.8) is 0 Å². The van der Waals surface area contributed by atoms with E-state index >= 15 is 0 Å². The predicted octanol–water partition coefficient (Wildman–Crippen LogP) is 4.68. The fraction of sp³-hybridized carbons (Fsp3) is 0.222.